The van der Waals surface area contributed by atoms with E-state index >= 15 is 0 Å². The van der Waals surface area contributed by atoms with Crippen LogP contribution in [0.15, 0.2) is 11.6 Å². The van der Waals surface area contributed by atoms with E-state index in [4.69, 9.17) is 4.74 Å². The molecule has 2 aliphatic rings. The van der Waals surface area contributed by atoms with Crippen molar-refractivity contribution in [2.75, 3.05) is 6.61 Å². The van der Waals surface area contributed by atoms with Crippen LogP contribution in [0.1, 0.15) is 51.4 Å². The van der Waals surface area contributed by atoms with Gasteiger partial charge in [-0.3, -0.25) is 0 Å². The van der Waals surface area contributed by atoms with E-state index in [0.29, 0.717) is 6.10 Å². The molecule has 1 saturated heterocycles. The van der Waals surface area contributed by atoms with Gasteiger partial charge in [-0.05, 0) is 50.5 Å². The van der Waals surface area contributed by atoms with Crippen molar-refractivity contribution in [1.82, 2.24) is 0 Å². The predicted molar refractivity (Wildman–Crippen MR) is 60.8 cm³/mol. The molecule has 0 aromatic heterocycles. The molecule has 2 nitrogen and oxygen atoms in total. The Morgan fingerprint density at radius 2 is 2.27 bits per heavy atom. The minimum Gasteiger partial charge on any atom is -0.389 e. The maximum Gasteiger partial charge on any atom is 0.0774 e. The number of ether oxygens (including phenoxy) is 1. The first-order valence-corrected chi connectivity index (χ1v) is 6.35. The summed E-state index contributed by atoms with van der Waals surface area (Å²) in [4.78, 5) is 0. The maximum atomic E-state index is 10.1. The number of hydrogen-bond donors (Lipinski definition) is 1. The molecule has 0 bridgehead atoms. The van der Waals surface area contributed by atoms with Crippen LogP contribution < -0.4 is 0 Å². The van der Waals surface area contributed by atoms with Crippen LogP contribution in [-0.2, 0) is 4.74 Å². The Bertz CT molecular complexity index is 217. The Morgan fingerprint density at radius 3 is 2.93 bits per heavy atom. The smallest absolute Gasteiger partial charge is 0.0774 e. The van der Waals surface area contributed by atoms with Gasteiger partial charge in [-0.1, -0.05) is 6.08 Å². The summed E-state index contributed by atoms with van der Waals surface area (Å²) >= 11 is 0. The molecule has 0 spiro atoms. The van der Waals surface area contributed by atoms with E-state index < -0.39 is 0 Å². The standard InChI is InChI=1S/C13H22O2/c14-13(11-6-2-1-3-7-11)10-12-8-4-5-9-15-12/h6,12-14H,1-5,7-10H2. The lowest BCUT2D eigenvalue weighted by Gasteiger charge is -2.26. The number of aliphatic hydroxyl groups excluding tert-OH is 1. The summed E-state index contributed by atoms with van der Waals surface area (Å²) in [6, 6.07) is 0. The highest BCUT2D eigenvalue weighted by atomic mass is 16.5. The summed E-state index contributed by atoms with van der Waals surface area (Å²) in [5.74, 6) is 0. The van der Waals surface area contributed by atoms with Crippen LogP contribution in [0.25, 0.3) is 0 Å². The summed E-state index contributed by atoms with van der Waals surface area (Å²) in [7, 11) is 0. The molecule has 0 amide bonds. The Hall–Kier alpha value is -0.340. The van der Waals surface area contributed by atoms with Crippen LogP contribution >= 0.6 is 0 Å². The zero-order chi connectivity index (χ0) is 10.5. The van der Waals surface area contributed by atoms with E-state index in [1.807, 2.05) is 0 Å². The number of rotatable bonds is 3. The second kappa shape index (κ2) is 5.66. The van der Waals surface area contributed by atoms with Gasteiger partial charge in [-0.2, -0.15) is 0 Å². The number of hydrogen-bond acceptors (Lipinski definition) is 2. The average molecular weight is 210 g/mol. The summed E-state index contributed by atoms with van der Waals surface area (Å²) in [6.07, 6.45) is 11.5. The molecule has 1 heterocycles. The number of aliphatic hydroxyl groups is 1. The van der Waals surface area contributed by atoms with E-state index in [-0.39, 0.29) is 6.10 Å². The molecule has 86 valence electrons. The fraction of sp³-hybridized carbons (Fsp3) is 0.846. The topological polar surface area (TPSA) is 29.5 Å². The van der Waals surface area contributed by atoms with Crippen molar-refractivity contribution in [3.8, 4) is 0 Å². The first-order chi connectivity index (χ1) is 7.36. The highest BCUT2D eigenvalue weighted by molar-refractivity contribution is 5.10. The van der Waals surface area contributed by atoms with E-state index in [1.165, 1.54) is 31.3 Å². The lowest BCUT2D eigenvalue weighted by Crippen LogP contribution is -2.26. The molecule has 0 aromatic carbocycles. The molecule has 2 heteroatoms. The lowest BCUT2D eigenvalue weighted by atomic mass is 9.91. The third kappa shape index (κ3) is 3.32. The van der Waals surface area contributed by atoms with Crippen molar-refractivity contribution in [3.63, 3.8) is 0 Å². The Kier molecular flexibility index (Phi) is 4.21. The lowest BCUT2D eigenvalue weighted by molar-refractivity contribution is -0.00953. The second-order valence-electron chi connectivity index (χ2n) is 4.76. The van der Waals surface area contributed by atoms with E-state index in [1.54, 1.807) is 0 Å². The first-order valence-electron chi connectivity index (χ1n) is 6.35. The molecule has 0 saturated carbocycles. The maximum absolute atomic E-state index is 10.1. The summed E-state index contributed by atoms with van der Waals surface area (Å²) in [5, 5.41) is 10.1. The summed E-state index contributed by atoms with van der Waals surface area (Å²) in [6.45, 7) is 0.885. The van der Waals surface area contributed by atoms with Crippen LogP contribution in [0.4, 0.5) is 0 Å². The average Bonchev–Trinajstić information content (AvgIpc) is 2.31. The Balaban J connectivity index is 1.79. The molecule has 2 rings (SSSR count). The molecule has 1 fully saturated rings. The minimum absolute atomic E-state index is 0.242. The van der Waals surface area contributed by atoms with Crippen LogP contribution in [0.2, 0.25) is 0 Å². The fourth-order valence-corrected chi connectivity index (χ4v) is 2.56. The third-order valence-corrected chi connectivity index (χ3v) is 3.51. The van der Waals surface area contributed by atoms with Crippen molar-refractivity contribution in [1.29, 1.82) is 0 Å². The molecular weight excluding hydrogens is 188 g/mol. The van der Waals surface area contributed by atoms with Gasteiger partial charge in [0.15, 0.2) is 0 Å². The van der Waals surface area contributed by atoms with Crippen molar-refractivity contribution < 1.29 is 9.84 Å². The fourth-order valence-electron chi connectivity index (χ4n) is 2.56. The van der Waals surface area contributed by atoms with Gasteiger partial charge in [0, 0.05) is 13.0 Å². The largest absolute Gasteiger partial charge is 0.389 e. The zero-order valence-electron chi connectivity index (χ0n) is 9.45. The molecule has 2 unspecified atom stereocenters. The van der Waals surface area contributed by atoms with Gasteiger partial charge in [0.1, 0.15) is 0 Å². The highest BCUT2D eigenvalue weighted by Gasteiger charge is 2.21. The van der Waals surface area contributed by atoms with E-state index in [0.717, 1.165) is 32.3 Å². The van der Waals surface area contributed by atoms with E-state index in [2.05, 4.69) is 6.08 Å². The van der Waals surface area contributed by atoms with Crippen LogP contribution in [-0.4, -0.2) is 23.9 Å². The molecule has 0 aromatic rings. The summed E-state index contributed by atoms with van der Waals surface area (Å²) < 4.78 is 5.65. The van der Waals surface area contributed by atoms with Crippen molar-refractivity contribution in [2.45, 2.75) is 63.6 Å². The van der Waals surface area contributed by atoms with Gasteiger partial charge in [0.05, 0.1) is 12.2 Å². The predicted octanol–water partition coefficient (Wildman–Crippen LogP) is 2.81. The van der Waals surface area contributed by atoms with Gasteiger partial charge in [0.25, 0.3) is 0 Å². The van der Waals surface area contributed by atoms with Crippen molar-refractivity contribution in [2.24, 2.45) is 0 Å². The third-order valence-electron chi connectivity index (χ3n) is 3.51. The normalized spacial score (nSPS) is 29.7. The van der Waals surface area contributed by atoms with Crippen molar-refractivity contribution in [3.05, 3.63) is 11.6 Å². The minimum atomic E-state index is -0.242. The van der Waals surface area contributed by atoms with Crippen LogP contribution in [0, 0.1) is 0 Å². The molecule has 1 aliphatic carbocycles. The summed E-state index contributed by atoms with van der Waals surface area (Å²) in [5.41, 5.74) is 1.26. The van der Waals surface area contributed by atoms with E-state index in [9.17, 15) is 5.11 Å². The monoisotopic (exact) mass is 210 g/mol. The Morgan fingerprint density at radius 1 is 1.33 bits per heavy atom. The van der Waals surface area contributed by atoms with Gasteiger partial charge in [-0.25, -0.2) is 0 Å². The quantitative estimate of drug-likeness (QED) is 0.726. The van der Waals surface area contributed by atoms with Gasteiger partial charge >= 0.3 is 0 Å². The zero-order valence-corrected chi connectivity index (χ0v) is 9.45. The second-order valence-corrected chi connectivity index (χ2v) is 4.76. The molecule has 1 N–H and O–H groups in total. The molecular formula is C13H22O2. The van der Waals surface area contributed by atoms with Crippen LogP contribution in [0.5, 0.6) is 0 Å². The molecule has 0 radical (unpaired) electrons. The first kappa shape index (κ1) is 11.2. The van der Waals surface area contributed by atoms with Gasteiger partial charge < -0.3 is 9.84 Å². The number of allylic oxidation sites excluding steroid dienone is 1. The van der Waals surface area contributed by atoms with Crippen molar-refractivity contribution >= 4 is 0 Å². The van der Waals surface area contributed by atoms with Gasteiger partial charge in [0.2, 0.25) is 0 Å². The van der Waals surface area contributed by atoms with Crippen LogP contribution in [0.3, 0.4) is 0 Å². The SMILES string of the molecule is OC(CC1CCCCO1)C1=CCCCC1. The molecule has 1 aliphatic heterocycles. The molecule has 2 atom stereocenters. The molecule has 15 heavy (non-hydrogen) atoms. The highest BCUT2D eigenvalue weighted by Crippen LogP contribution is 2.25. The Labute approximate surface area is 92.3 Å². The van der Waals surface area contributed by atoms with Gasteiger partial charge in [-0.15, -0.1) is 0 Å².